The van der Waals surface area contributed by atoms with Gasteiger partial charge >= 0.3 is 0 Å². The van der Waals surface area contributed by atoms with Crippen LogP contribution in [-0.4, -0.2) is 43.6 Å². The fourth-order valence-corrected chi connectivity index (χ4v) is 3.82. The number of hydrogen-bond acceptors (Lipinski definition) is 4. The molecule has 0 aliphatic carbocycles. The van der Waals surface area contributed by atoms with Crippen LogP contribution in [-0.2, 0) is 10.0 Å². The maximum absolute atomic E-state index is 12.5. The van der Waals surface area contributed by atoms with Gasteiger partial charge in [0.05, 0.1) is 11.0 Å². The third-order valence-corrected chi connectivity index (χ3v) is 5.31. The standard InChI is InChI=1S/C14H22N2O3S/c1-2-9-15-12-5-7-14(8-6-12)20(18,19)16-10-3-4-13(17)11-16/h5-8,13,15,17H,2-4,9-11H2,1H3. The highest BCUT2D eigenvalue weighted by Crippen LogP contribution is 2.22. The van der Waals surface area contributed by atoms with Gasteiger partial charge in [0.1, 0.15) is 0 Å². The first-order chi connectivity index (χ1) is 9.54. The molecule has 0 spiro atoms. The molecule has 1 aliphatic heterocycles. The number of nitrogens with zero attached hydrogens (tertiary/aromatic N) is 1. The van der Waals surface area contributed by atoms with E-state index in [1.165, 1.54) is 4.31 Å². The second-order valence-corrected chi connectivity index (χ2v) is 7.05. The van der Waals surface area contributed by atoms with Crippen molar-refractivity contribution in [3.8, 4) is 0 Å². The monoisotopic (exact) mass is 298 g/mol. The SMILES string of the molecule is CCCNc1ccc(S(=O)(=O)N2CCCC(O)C2)cc1. The van der Waals surface area contributed by atoms with Crippen molar-refractivity contribution in [3.63, 3.8) is 0 Å². The number of benzene rings is 1. The Labute approximate surface area is 120 Å². The zero-order valence-corrected chi connectivity index (χ0v) is 12.6. The van der Waals surface area contributed by atoms with Crippen LogP contribution >= 0.6 is 0 Å². The Morgan fingerprint density at radius 3 is 2.65 bits per heavy atom. The summed E-state index contributed by atoms with van der Waals surface area (Å²) in [5.41, 5.74) is 0.921. The van der Waals surface area contributed by atoms with Crippen molar-refractivity contribution < 1.29 is 13.5 Å². The van der Waals surface area contributed by atoms with Gasteiger partial charge in [-0.25, -0.2) is 8.42 Å². The Bertz CT molecular complexity index is 528. The van der Waals surface area contributed by atoms with Gasteiger partial charge in [0.2, 0.25) is 10.0 Å². The topological polar surface area (TPSA) is 69.6 Å². The molecule has 1 unspecified atom stereocenters. The fraction of sp³-hybridized carbons (Fsp3) is 0.571. The Hall–Kier alpha value is -1.11. The van der Waals surface area contributed by atoms with Crippen molar-refractivity contribution in [1.29, 1.82) is 0 Å². The van der Waals surface area contributed by atoms with E-state index in [0.29, 0.717) is 19.4 Å². The number of nitrogens with one attached hydrogen (secondary N) is 1. The smallest absolute Gasteiger partial charge is 0.243 e. The molecule has 112 valence electrons. The number of hydrogen-bond donors (Lipinski definition) is 2. The molecule has 1 aromatic carbocycles. The van der Waals surface area contributed by atoms with Crippen LogP contribution in [0.4, 0.5) is 5.69 Å². The summed E-state index contributed by atoms with van der Waals surface area (Å²) < 4.78 is 26.3. The van der Waals surface area contributed by atoms with E-state index in [2.05, 4.69) is 12.2 Å². The van der Waals surface area contributed by atoms with Crippen LogP contribution in [0.15, 0.2) is 29.2 Å². The Kier molecular flexibility index (Phi) is 5.01. The van der Waals surface area contributed by atoms with E-state index in [1.807, 2.05) is 0 Å². The lowest BCUT2D eigenvalue weighted by Crippen LogP contribution is -2.42. The van der Waals surface area contributed by atoms with Crippen LogP contribution in [0.25, 0.3) is 0 Å². The van der Waals surface area contributed by atoms with Gasteiger partial charge in [-0.3, -0.25) is 0 Å². The Morgan fingerprint density at radius 1 is 1.35 bits per heavy atom. The van der Waals surface area contributed by atoms with E-state index >= 15 is 0 Å². The molecule has 0 amide bonds. The minimum atomic E-state index is -3.49. The first-order valence-electron chi connectivity index (χ1n) is 7.06. The molecule has 2 rings (SSSR count). The number of rotatable bonds is 5. The zero-order chi connectivity index (χ0) is 14.6. The van der Waals surface area contributed by atoms with Gasteiger partial charge in [0.25, 0.3) is 0 Å². The van der Waals surface area contributed by atoms with Crippen molar-refractivity contribution >= 4 is 15.7 Å². The van der Waals surface area contributed by atoms with Gasteiger partial charge in [0.15, 0.2) is 0 Å². The summed E-state index contributed by atoms with van der Waals surface area (Å²) in [5.74, 6) is 0. The number of aliphatic hydroxyl groups excluding tert-OH is 1. The highest BCUT2D eigenvalue weighted by atomic mass is 32.2. The average Bonchev–Trinajstić information content (AvgIpc) is 2.45. The first-order valence-corrected chi connectivity index (χ1v) is 8.50. The summed E-state index contributed by atoms with van der Waals surface area (Å²) in [7, 11) is -3.49. The maximum atomic E-state index is 12.5. The minimum absolute atomic E-state index is 0.193. The number of anilines is 1. The molecule has 0 bridgehead atoms. The molecule has 6 heteroatoms. The molecular formula is C14H22N2O3S. The van der Waals surface area contributed by atoms with Gasteiger partial charge in [-0.05, 0) is 43.5 Å². The van der Waals surface area contributed by atoms with Gasteiger partial charge < -0.3 is 10.4 Å². The first kappa shape index (κ1) is 15.3. The summed E-state index contributed by atoms with van der Waals surface area (Å²) in [6, 6.07) is 6.80. The highest BCUT2D eigenvalue weighted by molar-refractivity contribution is 7.89. The summed E-state index contributed by atoms with van der Waals surface area (Å²) in [6.45, 7) is 3.62. The van der Waals surface area contributed by atoms with E-state index in [0.717, 1.165) is 18.7 Å². The molecule has 1 fully saturated rings. The number of sulfonamides is 1. The molecule has 1 heterocycles. The average molecular weight is 298 g/mol. The summed E-state index contributed by atoms with van der Waals surface area (Å²) in [6.07, 6.45) is 1.85. The molecule has 1 aliphatic rings. The third kappa shape index (κ3) is 3.50. The van der Waals surface area contributed by atoms with Crippen molar-refractivity contribution in [2.75, 3.05) is 25.0 Å². The van der Waals surface area contributed by atoms with Crippen LogP contribution in [0.1, 0.15) is 26.2 Å². The largest absolute Gasteiger partial charge is 0.392 e. The summed E-state index contributed by atoms with van der Waals surface area (Å²) in [5, 5.41) is 12.8. The molecule has 20 heavy (non-hydrogen) atoms. The van der Waals surface area contributed by atoms with Gasteiger partial charge in [-0.2, -0.15) is 4.31 Å². The van der Waals surface area contributed by atoms with Crippen molar-refractivity contribution in [1.82, 2.24) is 4.31 Å². The quantitative estimate of drug-likeness (QED) is 0.867. The molecule has 1 atom stereocenters. The highest BCUT2D eigenvalue weighted by Gasteiger charge is 2.29. The van der Waals surface area contributed by atoms with Crippen molar-refractivity contribution in [3.05, 3.63) is 24.3 Å². The third-order valence-electron chi connectivity index (χ3n) is 3.43. The lowest BCUT2D eigenvalue weighted by Gasteiger charge is -2.29. The van der Waals surface area contributed by atoms with Gasteiger partial charge in [-0.1, -0.05) is 6.92 Å². The van der Waals surface area contributed by atoms with Crippen molar-refractivity contribution in [2.24, 2.45) is 0 Å². The van der Waals surface area contributed by atoms with Crippen LogP contribution < -0.4 is 5.32 Å². The molecule has 1 saturated heterocycles. The number of aliphatic hydroxyl groups is 1. The molecule has 2 N–H and O–H groups in total. The van der Waals surface area contributed by atoms with Crippen LogP contribution in [0.3, 0.4) is 0 Å². The molecule has 5 nitrogen and oxygen atoms in total. The fourth-order valence-electron chi connectivity index (χ4n) is 2.30. The molecular weight excluding hydrogens is 276 g/mol. The van der Waals surface area contributed by atoms with E-state index in [9.17, 15) is 13.5 Å². The normalized spacial score (nSPS) is 20.8. The number of piperidine rings is 1. The molecule has 0 saturated carbocycles. The molecule has 0 aromatic heterocycles. The minimum Gasteiger partial charge on any atom is -0.392 e. The number of β-amino-alcohol motifs (C(OH)–C–C–N with tert-alkyl or cyclic N) is 1. The summed E-state index contributed by atoms with van der Waals surface area (Å²) in [4.78, 5) is 0.286. The predicted molar refractivity (Wildman–Crippen MR) is 79.2 cm³/mol. The van der Waals surface area contributed by atoms with Gasteiger partial charge in [-0.15, -0.1) is 0 Å². The van der Waals surface area contributed by atoms with E-state index in [-0.39, 0.29) is 11.4 Å². The molecule has 0 radical (unpaired) electrons. The van der Waals surface area contributed by atoms with Crippen LogP contribution in [0.2, 0.25) is 0 Å². The summed E-state index contributed by atoms with van der Waals surface area (Å²) >= 11 is 0. The second-order valence-electron chi connectivity index (χ2n) is 5.11. The lowest BCUT2D eigenvalue weighted by molar-refractivity contribution is 0.108. The Morgan fingerprint density at radius 2 is 2.05 bits per heavy atom. The van der Waals surface area contributed by atoms with Crippen LogP contribution in [0.5, 0.6) is 0 Å². The van der Waals surface area contributed by atoms with E-state index in [1.54, 1.807) is 24.3 Å². The molecule has 1 aromatic rings. The maximum Gasteiger partial charge on any atom is 0.243 e. The second kappa shape index (κ2) is 6.56. The predicted octanol–water partition coefficient (Wildman–Crippen LogP) is 1.65. The van der Waals surface area contributed by atoms with E-state index in [4.69, 9.17) is 0 Å². The lowest BCUT2D eigenvalue weighted by atomic mass is 10.1. The van der Waals surface area contributed by atoms with Crippen LogP contribution in [0, 0.1) is 0 Å². The van der Waals surface area contributed by atoms with E-state index < -0.39 is 16.1 Å². The van der Waals surface area contributed by atoms with Gasteiger partial charge in [0, 0.05) is 25.3 Å². The van der Waals surface area contributed by atoms with Crippen molar-refractivity contribution in [2.45, 2.75) is 37.2 Å². The Balaban J connectivity index is 2.12. The zero-order valence-electron chi connectivity index (χ0n) is 11.7.